The Labute approximate surface area is 139 Å². The van der Waals surface area contributed by atoms with Crippen LogP contribution in [0.4, 0.5) is 0 Å². The number of carbonyl (C=O) groups excluding carboxylic acids is 2. The topological polar surface area (TPSA) is 49.4 Å². The fourth-order valence-corrected chi connectivity index (χ4v) is 3.94. The smallest absolute Gasteiger partial charge is 0.263 e. The molecule has 2 heterocycles. The van der Waals surface area contributed by atoms with E-state index in [1.54, 1.807) is 12.1 Å². The van der Waals surface area contributed by atoms with Crippen molar-refractivity contribution in [3.05, 3.63) is 21.3 Å². The highest BCUT2D eigenvalue weighted by atomic mass is 35.5. The minimum atomic E-state index is 0.0732. The van der Waals surface area contributed by atoms with Gasteiger partial charge < -0.3 is 10.2 Å². The molecule has 1 aliphatic heterocycles. The third kappa shape index (κ3) is 4.23. The van der Waals surface area contributed by atoms with Crippen molar-refractivity contribution >= 4 is 34.8 Å². The van der Waals surface area contributed by atoms with E-state index in [0.717, 1.165) is 45.2 Å². The zero-order valence-corrected chi connectivity index (χ0v) is 14.1. The van der Waals surface area contributed by atoms with Crippen molar-refractivity contribution in [1.82, 2.24) is 10.2 Å². The van der Waals surface area contributed by atoms with Gasteiger partial charge in [0.1, 0.15) is 0 Å². The number of amides is 2. The molecule has 0 bridgehead atoms. The van der Waals surface area contributed by atoms with E-state index in [-0.39, 0.29) is 11.8 Å². The lowest BCUT2D eigenvalue weighted by atomic mass is 9.93. The summed E-state index contributed by atoms with van der Waals surface area (Å²) in [5.41, 5.74) is 0. The molecule has 0 aromatic carbocycles. The van der Waals surface area contributed by atoms with Crippen LogP contribution in [-0.4, -0.2) is 35.8 Å². The predicted molar refractivity (Wildman–Crippen MR) is 88.4 cm³/mol. The van der Waals surface area contributed by atoms with E-state index < -0.39 is 0 Å². The lowest BCUT2D eigenvalue weighted by Crippen LogP contribution is -2.40. The first-order valence-corrected chi connectivity index (χ1v) is 9.15. The maximum atomic E-state index is 12.4. The number of hydrogen-bond acceptors (Lipinski definition) is 3. The fourth-order valence-electron chi connectivity index (χ4n) is 2.93. The molecular weight excluding hydrogens is 320 g/mol. The number of carbonyl (C=O) groups is 2. The first-order valence-electron chi connectivity index (χ1n) is 7.96. The summed E-state index contributed by atoms with van der Waals surface area (Å²) in [4.78, 5) is 26.8. The summed E-state index contributed by atoms with van der Waals surface area (Å²) >= 11 is 7.24. The van der Waals surface area contributed by atoms with Crippen LogP contribution in [0.3, 0.4) is 0 Å². The second-order valence-corrected chi connectivity index (χ2v) is 7.96. The van der Waals surface area contributed by atoms with Crippen LogP contribution in [0.5, 0.6) is 0 Å². The Balaban J connectivity index is 1.48. The summed E-state index contributed by atoms with van der Waals surface area (Å²) < 4.78 is 0.647. The average Bonchev–Trinajstić information content (AvgIpc) is 3.23. The van der Waals surface area contributed by atoms with Gasteiger partial charge in [0, 0.05) is 25.6 Å². The molecule has 0 spiro atoms. The molecule has 1 atom stereocenters. The average molecular weight is 341 g/mol. The summed E-state index contributed by atoms with van der Waals surface area (Å²) in [7, 11) is 0. The van der Waals surface area contributed by atoms with Gasteiger partial charge in [0.05, 0.1) is 9.21 Å². The molecule has 0 radical (unpaired) electrons. The molecule has 1 saturated carbocycles. The summed E-state index contributed by atoms with van der Waals surface area (Å²) in [6, 6.07) is 3.99. The van der Waals surface area contributed by atoms with Crippen LogP contribution in [0.15, 0.2) is 12.1 Å². The molecule has 3 rings (SSSR count). The van der Waals surface area contributed by atoms with E-state index in [1.807, 2.05) is 4.90 Å². The van der Waals surface area contributed by atoms with Crippen LogP contribution < -0.4 is 5.32 Å². The maximum Gasteiger partial charge on any atom is 0.263 e. The Hall–Kier alpha value is -1.07. The van der Waals surface area contributed by atoms with Gasteiger partial charge in [-0.1, -0.05) is 11.6 Å². The van der Waals surface area contributed by atoms with Crippen molar-refractivity contribution in [3.63, 3.8) is 0 Å². The van der Waals surface area contributed by atoms with E-state index in [0.29, 0.717) is 27.6 Å². The highest BCUT2D eigenvalue weighted by Crippen LogP contribution is 2.27. The first-order chi connectivity index (χ1) is 10.6. The van der Waals surface area contributed by atoms with Gasteiger partial charge in [-0.2, -0.15) is 0 Å². The van der Waals surface area contributed by atoms with E-state index in [2.05, 4.69) is 5.32 Å². The third-order valence-corrected chi connectivity index (χ3v) is 5.53. The summed E-state index contributed by atoms with van der Waals surface area (Å²) in [5, 5.41) is 3.02. The number of nitrogens with one attached hydrogen (secondary N) is 1. The first kappa shape index (κ1) is 15.8. The highest BCUT2D eigenvalue weighted by molar-refractivity contribution is 7.17. The largest absolute Gasteiger partial charge is 0.353 e. The summed E-state index contributed by atoms with van der Waals surface area (Å²) in [5.74, 6) is 0.665. The molecule has 1 N–H and O–H groups in total. The van der Waals surface area contributed by atoms with Gasteiger partial charge in [0.25, 0.3) is 5.91 Å². The minimum Gasteiger partial charge on any atom is -0.353 e. The number of nitrogens with zero attached hydrogens (tertiary/aromatic N) is 1. The number of halogens is 1. The Morgan fingerprint density at radius 2 is 2.14 bits per heavy atom. The van der Waals surface area contributed by atoms with Crippen molar-refractivity contribution in [2.75, 3.05) is 13.1 Å². The lowest BCUT2D eigenvalue weighted by Gasteiger charge is -2.32. The summed E-state index contributed by atoms with van der Waals surface area (Å²) in [6.07, 6.45) is 5.81. The van der Waals surface area contributed by atoms with Crippen molar-refractivity contribution in [3.8, 4) is 0 Å². The second-order valence-electron chi connectivity index (χ2n) is 6.24. The molecule has 2 amide bonds. The van der Waals surface area contributed by atoms with Gasteiger partial charge in [-0.3, -0.25) is 9.59 Å². The highest BCUT2D eigenvalue weighted by Gasteiger charge is 2.27. The number of rotatable bonds is 5. The number of hydrogen-bond donors (Lipinski definition) is 1. The van der Waals surface area contributed by atoms with E-state index in [1.165, 1.54) is 11.3 Å². The lowest BCUT2D eigenvalue weighted by molar-refractivity contribution is -0.121. The number of thiophene rings is 1. The Morgan fingerprint density at radius 1 is 1.32 bits per heavy atom. The Kier molecular flexibility index (Phi) is 5.03. The van der Waals surface area contributed by atoms with Crippen LogP contribution in [0, 0.1) is 5.92 Å². The molecule has 1 aliphatic carbocycles. The van der Waals surface area contributed by atoms with Crippen molar-refractivity contribution in [1.29, 1.82) is 0 Å². The zero-order chi connectivity index (χ0) is 15.5. The van der Waals surface area contributed by atoms with E-state index >= 15 is 0 Å². The standard InChI is InChI=1S/C16H21ClN2O2S/c17-14-7-6-13(22-14)16(21)19-9-1-2-11(10-19)3-8-15(20)18-12-4-5-12/h6-7,11-12H,1-5,8-10H2,(H,18,20)/t11-/m0/s1. The molecule has 0 unspecified atom stereocenters. The monoisotopic (exact) mass is 340 g/mol. The molecule has 1 aromatic rings. The zero-order valence-electron chi connectivity index (χ0n) is 12.5. The summed E-state index contributed by atoms with van der Waals surface area (Å²) in [6.45, 7) is 1.56. The molecule has 6 heteroatoms. The van der Waals surface area contributed by atoms with Crippen molar-refractivity contribution in [2.24, 2.45) is 5.92 Å². The maximum absolute atomic E-state index is 12.4. The third-order valence-electron chi connectivity index (χ3n) is 4.31. The van der Waals surface area contributed by atoms with Gasteiger partial charge in [0.15, 0.2) is 0 Å². The molecule has 4 nitrogen and oxygen atoms in total. The molecule has 2 fully saturated rings. The fraction of sp³-hybridized carbons (Fsp3) is 0.625. The van der Waals surface area contributed by atoms with Crippen LogP contribution in [-0.2, 0) is 4.79 Å². The van der Waals surface area contributed by atoms with Crippen LogP contribution >= 0.6 is 22.9 Å². The number of piperidine rings is 1. The van der Waals surface area contributed by atoms with E-state index in [4.69, 9.17) is 11.6 Å². The van der Waals surface area contributed by atoms with Gasteiger partial charge in [-0.25, -0.2) is 0 Å². The quantitative estimate of drug-likeness (QED) is 0.894. The van der Waals surface area contributed by atoms with Crippen LogP contribution in [0.1, 0.15) is 48.2 Å². The van der Waals surface area contributed by atoms with E-state index in [9.17, 15) is 9.59 Å². The number of likely N-dealkylation sites (tertiary alicyclic amines) is 1. The van der Waals surface area contributed by atoms with Crippen molar-refractivity contribution in [2.45, 2.75) is 44.6 Å². The SMILES string of the molecule is O=C(CC[C@@H]1CCCN(C(=O)c2ccc(Cl)s2)C1)NC1CC1. The molecule has 120 valence electrons. The molecule has 22 heavy (non-hydrogen) atoms. The Morgan fingerprint density at radius 3 is 2.82 bits per heavy atom. The normalized spacial score (nSPS) is 21.7. The van der Waals surface area contributed by atoms with Gasteiger partial charge in [-0.05, 0) is 50.2 Å². The molecule has 2 aliphatic rings. The van der Waals surface area contributed by atoms with Gasteiger partial charge in [-0.15, -0.1) is 11.3 Å². The van der Waals surface area contributed by atoms with Crippen LogP contribution in [0.2, 0.25) is 4.34 Å². The molecular formula is C16H21ClN2O2S. The Bertz CT molecular complexity index is 556. The minimum absolute atomic E-state index is 0.0732. The second kappa shape index (κ2) is 7.01. The van der Waals surface area contributed by atoms with Crippen LogP contribution in [0.25, 0.3) is 0 Å². The van der Waals surface area contributed by atoms with Crippen molar-refractivity contribution < 1.29 is 9.59 Å². The molecule has 1 aromatic heterocycles. The van der Waals surface area contributed by atoms with Gasteiger partial charge in [0.2, 0.25) is 5.91 Å². The predicted octanol–water partition coefficient (Wildman–Crippen LogP) is 3.31. The molecule has 1 saturated heterocycles. The van der Waals surface area contributed by atoms with Gasteiger partial charge >= 0.3 is 0 Å².